The summed E-state index contributed by atoms with van der Waals surface area (Å²) >= 11 is 0. The molecule has 0 aromatic heterocycles. The summed E-state index contributed by atoms with van der Waals surface area (Å²) in [5, 5.41) is 0. The van der Waals surface area contributed by atoms with Crippen LogP contribution in [0.2, 0.25) is 0 Å². The van der Waals surface area contributed by atoms with Crippen molar-refractivity contribution in [3.05, 3.63) is 0 Å². The number of hydrogen-bond donors (Lipinski definition) is 0. The van der Waals surface area contributed by atoms with Gasteiger partial charge in [-0.25, -0.2) is 9.59 Å². The monoisotopic (exact) mass is 330 g/mol. The molecule has 1 atom stereocenters. The lowest BCUT2D eigenvalue weighted by Crippen LogP contribution is -2.22. The van der Waals surface area contributed by atoms with E-state index < -0.39 is 11.9 Å². The molecule has 0 fully saturated rings. The molecule has 5 nitrogen and oxygen atoms in total. The SMILES string of the molecule is CC(C)CCCOC(=O)COCC(=O)OCC(C)CC(C)(C)C. The summed E-state index contributed by atoms with van der Waals surface area (Å²) in [4.78, 5) is 22.9. The third-order valence-corrected chi connectivity index (χ3v) is 3.12. The molecule has 0 saturated carbocycles. The Kier molecular flexibility index (Phi) is 10.9. The molecule has 0 spiro atoms. The van der Waals surface area contributed by atoms with Crippen molar-refractivity contribution in [1.82, 2.24) is 0 Å². The number of hydrogen-bond acceptors (Lipinski definition) is 5. The van der Waals surface area contributed by atoms with Crippen molar-refractivity contribution in [1.29, 1.82) is 0 Å². The van der Waals surface area contributed by atoms with Gasteiger partial charge in [-0.3, -0.25) is 0 Å². The molecule has 0 bridgehead atoms. The van der Waals surface area contributed by atoms with E-state index in [4.69, 9.17) is 14.2 Å². The number of rotatable bonds is 11. The molecule has 0 radical (unpaired) electrons. The fourth-order valence-electron chi connectivity index (χ4n) is 2.32. The highest BCUT2D eigenvalue weighted by molar-refractivity contribution is 5.73. The van der Waals surface area contributed by atoms with Crippen LogP contribution in [0.5, 0.6) is 0 Å². The van der Waals surface area contributed by atoms with Crippen molar-refractivity contribution in [2.24, 2.45) is 17.3 Å². The number of carbonyl (C=O) groups is 2. The van der Waals surface area contributed by atoms with Crippen LogP contribution >= 0.6 is 0 Å². The average molecular weight is 330 g/mol. The van der Waals surface area contributed by atoms with Crippen LogP contribution in [0.3, 0.4) is 0 Å². The summed E-state index contributed by atoms with van der Waals surface area (Å²) in [5.74, 6) is 0.00583. The summed E-state index contributed by atoms with van der Waals surface area (Å²) in [6, 6.07) is 0. The fraction of sp³-hybridized carbons (Fsp3) is 0.889. The third-order valence-electron chi connectivity index (χ3n) is 3.12. The highest BCUT2D eigenvalue weighted by atomic mass is 16.6. The van der Waals surface area contributed by atoms with Gasteiger partial charge in [-0.2, -0.15) is 0 Å². The van der Waals surface area contributed by atoms with Crippen molar-refractivity contribution in [2.75, 3.05) is 26.4 Å². The van der Waals surface area contributed by atoms with Crippen molar-refractivity contribution in [3.63, 3.8) is 0 Å². The first-order valence-electron chi connectivity index (χ1n) is 8.49. The zero-order valence-electron chi connectivity index (χ0n) is 15.6. The van der Waals surface area contributed by atoms with E-state index in [1.54, 1.807) is 0 Å². The van der Waals surface area contributed by atoms with E-state index in [2.05, 4.69) is 34.6 Å². The standard InChI is InChI=1S/C18H34O5/c1-14(2)8-7-9-22-16(19)12-21-13-17(20)23-11-15(3)10-18(4,5)6/h14-15H,7-13H2,1-6H3. The first-order chi connectivity index (χ1) is 10.6. The van der Waals surface area contributed by atoms with E-state index in [0.29, 0.717) is 25.0 Å². The Labute approximate surface area is 141 Å². The van der Waals surface area contributed by atoms with Crippen LogP contribution in [-0.4, -0.2) is 38.4 Å². The first-order valence-corrected chi connectivity index (χ1v) is 8.49. The van der Waals surface area contributed by atoms with Gasteiger partial charge < -0.3 is 14.2 Å². The second-order valence-corrected chi connectivity index (χ2v) is 7.80. The molecule has 0 saturated heterocycles. The minimum Gasteiger partial charge on any atom is -0.464 e. The van der Waals surface area contributed by atoms with Gasteiger partial charge in [-0.05, 0) is 36.5 Å². The molecule has 0 rings (SSSR count). The molecular formula is C18H34O5. The van der Waals surface area contributed by atoms with Crippen LogP contribution in [0.4, 0.5) is 0 Å². The molecule has 1 unspecified atom stereocenters. The van der Waals surface area contributed by atoms with Gasteiger partial charge in [0.05, 0.1) is 13.2 Å². The lowest BCUT2D eigenvalue weighted by Gasteiger charge is -2.22. The number of esters is 2. The molecule has 0 aromatic rings. The predicted molar refractivity (Wildman–Crippen MR) is 90.0 cm³/mol. The van der Waals surface area contributed by atoms with Gasteiger partial charge in [0.25, 0.3) is 0 Å². The minimum absolute atomic E-state index is 0.210. The summed E-state index contributed by atoms with van der Waals surface area (Å²) in [7, 11) is 0. The maximum atomic E-state index is 11.5. The second kappa shape index (κ2) is 11.4. The van der Waals surface area contributed by atoms with Gasteiger partial charge >= 0.3 is 11.9 Å². The minimum atomic E-state index is -0.446. The van der Waals surface area contributed by atoms with Crippen LogP contribution in [0.1, 0.15) is 60.8 Å². The highest BCUT2D eigenvalue weighted by Gasteiger charge is 2.17. The molecule has 0 N–H and O–H groups in total. The Balaban J connectivity index is 3.64. The summed E-state index contributed by atoms with van der Waals surface area (Å²) < 4.78 is 15.2. The predicted octanol–water partition coefficient (Wildman–Crippen LogP) is 3.60. The van der Waals surface area contributed by atoms with Crippen molar-refractivity contribution in [3.8, 4) is 0 Å². The van der Waals surface area contributed by atoms with Crippen molar-refractivity contribution < 1.29 is 23.8 Å². The summed E-state index contributed by atoms with van der Waals surface area (Å²) in [5.41, 5.74) is 0.210. The molecule has 136 valence electrons. The van der Waals surface area contributed by atoms with Crippen LogP contribution in [-0.2, 0) is 23.8 Å². The highest BCUT2D eigenvalue weighted by Crippen LogP contribution is 2.24. The quantitative estimate of drug-likeness (QED) is 0.428. The van der Waals surface area contributed by atoms with Gasteiger partial charge in [0.15, 0.2) is 0 Å². The molecule has 0 aliphatic heterocycles. The van der Waals surface area contributed by atoms with E-state index in [-0.39, 0.29) is 18.6 Å². The molecular weight excluding hydrogens is 296 g/mol. The van der Waals surface area contributed by atoms with Crippen molar-refractivity contribution >= 4 is 11.9 Å². The Morgan fingerprint density at radius 1 is 0.957 bits per heavy atom. The lowest BCUT2D eigenvalue weighted by atomic mass is 9.86. The largest absolute Gasteiger partial charge is 0.464 e. The Hall–Kier alpha value is -1.10. The maximum Gasteiger partial charge on any atom is 0.332 e. The van der Waals surface area contributed by atoms with Crippen LogP contribution < -0.4 is 0 Å². The van der Waals surface area contributed by atoms with Crippen LogP contribution in [0.25, 0.3) is 0 Å². The third kappa shape index (κ3) is 15.6. The summed E-state index contributed by atoms with van der Waals surface area (Å²) in [6.45, 7) is 13.1. The zero-order valence-corrected chi connectivity index (χ0v) is 15.6. The lowest BCUT2D eigenvalue weighted by molar-refractivity contribution is -0.156. The average Bonchev–Trinajstić information content (AvgIpc) is 2.39. The zero-order chi connectivity index (χ0) is 17.9. The van der Waals surface area contributed by atoms with Gasteiger partial charge in [0.1, 0.15) is 13.2 Å². The first kappa shape index (κ1) is 21.9. The molecule has 0 aliphatic carbocycles. The van der Waals surface area contributed by atoms with Crippen molar-refractivity contribution in [2.45, 2.75) is 60.8 Å². The van der Waals surface area contributed by atoms with Crippen LogP contribution in [0.15, 0.2) is 0 Å². The Morgan fingerprint density at radius 2 is 1.52 bits per heavy atom. The molecule has 0 amide bonds. The van der Waals surface area contributed by atoms with E-state index in [9.17, 15) is 9.59 Å². The van der Waals surface area contributed by atoms with Gasteiger partial charge in [0.2, 0.25) is 0 Å². The van der Waals surface area contributed by atoms with E-state index >= 15 is 0 Å². The molecule has 0 aliphatic rings. The maximum absolute atomic E-state index is 11.5. The fourth-order valence-corrected chi connectivity index (χ4v) is 2.32. The smallest absolute Gasteiger partial charge is 0.332 e. The number of ether oxygens (including phenoxy) is 3. The number of carbonyl (C=O) groups excluding carboxylic acids is 2. The van der Waals surface area contributed by atoms with E-state index in [1.165, 1.54) is 0 Å². The van der Waals surface area contributed by atoms with Crippen LogP contribution in [0, 0.1) is 17.3 Å². The normalized spacial score (nSPS) is 13.0. The van der Waals surface area contributed by atoms with E-state index in [0.717, 1.165) is 19.3 Å². The van der Waals surface area contributed by atoms with Gasteiger partial charge in [-0.1, -0.05) is 41.5 Å². The Morgan fingerprint density at radius 3 is 2.04 bits per heavy atom. The van der Waals surface area contributed by atoms with E-state index in [1.807, 2.05) is 6.92 Å². The molecule has 5 heteroatoms. The van der Waals surface area contributed by atoms with Gasteiger partial charge in [0, 0.05) is 0 Å². The Bertz CT molecular complexity index is 344. The second-order valence-electron chi connectivity index (χ2n) is 7.80. The van der Waals surface area contributed by atoms with Gasteiger partial charge in [-0.15, -0.1) is 0 Å². The summed E-state index contributed by atoms with van der Waals surface area (Å²) in [6.07, 6.45) is 2.84. The topological polar surface area (TPSA) is 61.8 Å². The molecule has 0 heterocycles. The molecule has 0 aromatic carbocycles. The molecule has 23 heavy (non-hydrogen) atoms.